The van der Waals surface area contributed by atoms with Crippen molar-refractivity contribution in [2.75, 3.05) is 13.9 Å². The molecule has 0 fully saturated rings. The van der Waals surface area contributed by atoms with Crippen LogP contribution in [0.3, 0.4) is 0 Å². The molecule has 0 atom stereocenters. The third kappa shape index (κ3) is 3.05. The largest absolute Gasteiger partial charge is 0.436 e. The van der Waals surface area contributed by atoms with Crippen molar-refractivity contribution in [2.45, 2.75) is 6.18 Å². The number of aromatic nitrogens is 2. The molecule has 0 aliphatic heterocycles. The molecule has 0 radical (unpaired) electrons. The lowest BCUT2D eigenvalue weighted by Gasteiger charge is -2.11. The normalized spacial score (nSPS) is 11.8. The van der Waals surface area contributed by atoms with E-state index in [-0.39, 0.29) is 22.7 Å². The number of hydrogen-bond donors (Lipinski definition) is 0. The van der Waals surface area contributed by atoms with Crippen molar-refractivity contribution in [3.05, 3.63) is 28.9 Å². The zero-order chi connectivity index (χ0) is 14.0. The van der Waals surface area contributed by atoms with Crippen molar-refractivity contribution >= 4 is 22.5 Å². The monoisotopic (exact) mass is 292 g/mol. The molecule has 1 aromatic heterocycles. The summed E-state index contributed by atoms with van der Waals surface area (Å²) in [6.45, 7) is -0.240. The first-order chi connectivity index (χ1) is 8.91. The minimum Gasteiger partial charge on any atom is -0.436 e. The average molecular weight is 293 g/mol. The molecule has 4 nitrogen and oxygen atoms in total. The Morgan fingerprint density at radius 3 is 2.63 bits per heavy atom. The maximum Gasteiger partial charge on any atom is 0.434 e. The van der Waals surface area contributed by atoms with E-state index in [1.165, 1.54) is 25.3 Å². The van der Waals surface area contributed by atoms with E-state index >= 15 is 0 Å². The van der Waals surface area contributed by atoms with Gasteiger partial charge in [-0.15, -0.1) is 0 Å². The number of methoxy groups -OCH3 is 1. The topological polar surface area (TPSA) is 44.2 Å². The van der Waals surface area contributed by atoms with Gasteiger partial charge in [0.15, 0.2) is 12.5 Å². The third-order valence-electron chi connectivity index (χ3n) is 2.21. The Morgan fingerprint density at radius 2 is 2.00 bits per heavy atom. The lowest BCUT2D eigenvalue weighted by atomic mass is 10.2. The highest BCUT2D eigenvalue weighted by Gasteiger charge is 2.36. The molecule has 0 aliphatic rings. The number of ether oxygens (including phenoxy) is 2. The van der Waals surface area contributed by atoms with E-state index in [1.54, 1.807) is 0 Å². The quantitative estimate of drug-likeness (QED) is 0.814. The van der Waals surface area contributed by atoms with Gasteiger partial charge in [0.1, 0.15) is 0 Å². The second kappa shape index (κ2) is 5.18. The molecule has 2 aromatic rings. The number of halogens is 4. The molecule has 0 N–H and O–H groups in total. The zero-order valence-electron chi connectivity index (χ0n) is 9.66. The van der Waals surface area contributed by atoms with E-state index in [0.29, 0.717) is 0 Å². The highest BCUT2D eigenvalue weighted by Crippen LogP contribution is 2.34. The van der Waals surface area contributed by atoms with Crippen LogP contribution in [0.2, 0.25) is 5.02 Å². The van der Waals surface area contributed by atoms with Gasteiger partial charge in [-0.1, -0.05) is 11.6 Å². The second-order valence-corrected chi connectivity index (χ2v) is 4.00. The molecular weight excluding hydrogens is 285 g/mol. The highest BCUT2D eigenvalue weighted by atomic mass is 35.5. The summed E-state index contributed by atoms with van der Waals surface area (Å²) >= 11 is 5.69. The Morgan fingerprint density at radius 1 is 1.26 bits per heavy atom. The molecule has 19 heavy (non-hydrogen) atoms. The van der Waals surface area contributed by atoms with Gasteiger partial charge in [0, 0.05) is 17.5 Å². The maximum atomic E-state index is 12.9. The van der Waals surface area contributed by atoms with E-state index in [4.69, 9.17) is 16.3 Å². The van der Waals surface area contributed by atoms with Crippen molar-refractivity contribution in [2.24, 2.45) is 0 Å². The molecule has 102 valence electrons. The van der Waals surface area contributed by atoms with Gasteiger partial charge in [-0.25, -0.2) is 0 Å². The Bertz CT molecular complexity index is 604. The van der Waals surface area contributed by atoms with E-state index < -0.39 is 17.9 Å². The number of nitrogens with zero attached hydrogens (tertiary/aromatic N) is 2. The van der Waals surface area contributed by atoms with Gasteiger partial charge >= 0.3 is 12.2 Å². The van der Waals surface area contributed by atoms with Gasteiger partial charge in [-0.2, -0.15) is 23.1 Å². The van der Waals surface area contributed by atoms with Crippen LogP contribution < -0.4 is 4.74 Å². The lowest BCUT2D eigenvalue weighted by Crippen LogP contribution is -2.12. The van der Waals surface area contributed by atoms with E-state index in [1.807, 2.05) is 0 Å². The Balaban J connectivity index is 2.62. The summed E-state index contributed by atoms with van der Waals surface area (Å²) < 4.78 is 48.2. The van der Waals surface area contributed by atoms with Crippen molar-refractivity contribution in [1.82, 2.24) is 9.97 Å². The molecule has 1 aromatic carbocycles. The predicted octanol–water partition coefficient (Wildman–Crippen LogP) is 3.28. The fourth-order valence-electron chi connectivity index (χ4n) is 1.47. The van der Waals surface area contributed by atoms with Crippen LogP contribution in [0.1, 0.15) is 5.69 Å². The molecular formula is C11H8ClF3N2O2. The summed E-state index contributed by atoms with van der Waals surface area (Å²) in [6.07, 6.45) is -4.63. The molecule has 0 bridgehead atoms. The van der Waals surface area contributed by atoms with Crippen LogP contribution in [-0.2, 0) is 10.9 Å². The summed E-state index contributed by atoms with van der Waals surface area (Å²) in [6, 6.07) is 3.58. The number of benzene rings is 1. The zero-order valence-corrected chi connectivity index (χ0v) is 10.4. The lowest BCUT2D eigenvalue weighted by molar-refractivity contribution is -0.140. The number of alkyl halides is 3. The fraction of sp³-hybridized carbons (Fsp3) is 0.273. The van der Waals surface area contributed by atoms with Crippen molar-refractivity contribution in [3.8, 4) is 6.01 Å². The summed E-state index contributed by atoms with van der Waals surface area (Å²) in [5, 5.41) is -0.00285. The predicted molar refractivity (Wildman–Crippen MR) is 62.1 cm³/mol. The molecule has 0 unspecified atom stereocenters. The number of rotatable bonds is 3. The first-order valence-corrected chi connectivity index (χ1v) is 5.46. The van der Waals surface area contributed by atoms with Crippen LogP contribution in [-0.4, -0.2) is 23.9 Å². The Kier molecular flexibility index (Phi) is 3.77. The highest BCUT2D eigenvalue weighted by molar-refractivity contribution is 6.31. The van der Waals surface area contributed by atoms with Crippen LogP contribution in [0.15, 0.2) is 18.2 Å². The molecule has 1 heterocycles. The van der Waals surface area contributed by atoms with Crippen LogP contribution in [0.25, 0.3) is 10.9 Å². The summed E-state index contributed by atoms with van der Waals surface area (Å²) in [5.41, 5.74) is -0.996. The minimum absolute atomic E-state index is 0.0952. The van der Waals surface area contributed by atoms with E-state index in [0.717, 1.165) is 0 Å². The molecule has 0 spiro atoms. The van der Waals surface area contributed by atoms with E-state index in [9.17, 15) is 13.2 Å². The standard InChI is InChI=1S/C11H8ClF3N2O2/c1-18-5-19-10-16-8-3-2-6(12)4-7(8)9(17-10)11(13,14)15/h2-4H,5H2,1H3. The van der Waals surface area contributed by atoms with Crippen LogP contribution >= 0.6 is 11.6 Å². The van der Waals surface area contributed by atoms with Gasteiger partial charge < -0.3 is 9.47 Å². The average Bonchev–Trinajstić information content (AvgIpc) is 2.34. The summed E-state index contributed by atoms with van der Waals surface area (Å²) in [5.74, 6) is 0. The van der Waals surface area contributed by atoms with Crippen LogP contribution in [0, 0.1) is 0 Å². The van der Waals surface area contributed by atoms with Gasteiger partial charge in [-0.05, 0) is 18.2 Å². The van der Waals surface area contributed by atoms with Gasteiger partial charge in [0.05, 0.1) is 5.52 Å². The Labute approximate surface area is 111 Å². The number of fused-ring (bicyclic) bond motifs is 1. The minimum atomic E-state index is -4.63. The molecule has 0 aliphatic carbocycles. The third-order valence-corrected chi connectivity index (χ3v) is 2.45. The Hall–Kier alpha value is -1.60. The van der Waals surface area contributed by atoms with Crippen molar-refractivity contribution < 1.29 is 22.6 Å². The van der Waals surface area contributed by atoms with E-state index in [2.05, 4.69) is 14.7 Å². The van der Waals surface area contributed by atoms with Gasteiger partial charge in [0.2, 0.25) is 0 Å². The summed E-state index contributed by atoms with van der Waals surface area (Å²) in [4.78, 5) is 7.21. The molecule has 0 saturated heterocycles. The van der Waals surface area contributed by atoms with Crippen LogP contribution in [0.5, 0.6) is 6.01 Å². The SMILES string of the molecule is COCOc1nc(C(F)(F)F)c2cc(Cl)ccc2n1. The maximum absolute atomic E-state index is 12.9. The van der Waals surface area contributed by atoms with Crippen molar-refractivity contribution in [1.29, 1.82) is 0 Å². The second-order valence-electron chi connectivity index (χ2n) is 3.56. The van der Waals surface area contributed by atoms with Gasteiger partial charge in [-0.3, -0.25) is 0 Å². The van der Waals surface area contributed by atoms with Gasteiger partial charge in [0.25, 0.3) is 0 Å². The summed E-state index contributed by atoms with van der Waals surface area (Å²) in [7, 11) is 1.34. The molecule has 2 rings (SSSR count). The molecule has 0 saturated carbocycles. The van der Waals surface area contributed by atoms with Crippen molar-refractivity contribution in [3.63, 3.8) is 0 Å². The smallest absolute Gasteiger partial charge is 0.434 e. The fourth-order valence-corrected chi connectivity index (χ4v) is 1.64. The molecule has 0 amide bonds. The van der Waals surface area contributed by atoms with Crippen LogP contribution in [0.4, 0.5) is 13.2 Å². The first-order valence-electron chi connectivity index (χ1n) is 5.08. The molecule has 8 heteroatoms. The number of hydrogen-bond acceptors (Lipinski definition) is 4. The first kappa shape index (κ1) is 13.8.